The van der Waals surface area contributed by atoms with Gasteiger partial charge in [0.1, 0.15) is 17.8 Å². The molecule has 1 N–H and O–H groups in total. The number of carbonyl (C=O) groups excluding carboxylic acids is 2. The van der Waals surface area contributed by atoms with E-state index in [1.165, 1.54) is 6.26 Å². The van der Waals surface area contributed by atoms with Crippen molar-refractivity contribution in [3.8, 4) is 17.1 Å². The van der Waals surface area contributed by atoms with E-state index >= 15 is 0 Å². The highest BCUT2D eigenvalue weighted by Crippen LogP contribution is 2.34. The van der Waals surface area contributed by atoms with Gasteiger partial charge in [0.25, 0.3) is 5.91 Å². The number of methoxy groups -OCH3 is 1. The maximum absolute atomic E-state index is 13.0. The Morgan fingerprint density at radius 3 is 2.87 bits per heavy atom. The van der Waals surface area contributed by atoms with Crippen LogP contribution in [0.1, 0.15) is 42.3 Å². The minimum Gasteiger partial charge on any atom is -0.496 e. The van der Waals surface area contributed by atoms with E-state index in [0.717, 1.165) is 6.42 Å². The molecule has 0 saturated carbocycles. The summed E-state index contributed by atoms with van der Waals surface area (Å²) in [5.74, 6) is 0.916. The molecule has 2 atom stereocenters. The first kappa shape index (κ1) is 19.7. The Bertz CT molecular complexity index is 1030. The first-order chi connectivity index (χ1) is 14.6. The number of rotatable bonds is 6. The molecule has 0 unspecified atom stereocenters. The molecule has 0 radical (unpaired) electrons. The number of likely N-dealkylation sites (tertiary alicyclic amines) is 1. The van der Waals surface area contributed by atoms with Crippen molar-refractivity contribution in [2.45, 2.75) is 31.8 Å². The molecule has 0 spiro atoms. The van der Waals surface area contributed by atoms with Crippen LogP contribution in [0.4, 0.5) is 0 Å². The lowest BCUT2D eigenvalue weighted by atomic mass is 10.2. The van der Waals surface area contributed by atoms with Gasteiger partial charge in [0.15, 0.2) is 5.76 Å². The van der Waals surface area contributed by atoms with Crippen LogP contribution in [0.15, 0.2) is 51.6 Å². The monoisotopic (exact) mass is 410 g/mol. The molecule has 2 aromatic heterocycles. The molecule has 30 heavy (non-hydrogen) atoms. The van der Waals surface area contributed by atoms with E-state index in [1.807, 2.05) is 24.3 Å². The second-order valence-electron chi connectivity index (χ2n) is 7.02. The van der Waals surface area contributed by atoms with E-state index in [1.54, 1.807) is 31.1 Å². The molecule has 1 saturated heterocycles. The van der Waals surface area contributed by atoms with Gasteiger partial charge in [-0.25, -0.2) is 0 Å². The van der Waals surface area contributed by atoms with Crippen LogP contribution in [-0.4, -0.2) is 46.6 Å². The highest BCUT2D eigenvalue weighted by Gasteiger charge is 2.36. The highest BCUT2D eigenvalue weighted by molar-refractivity contribution is 5.95. The maximum Gasteiger partial charge on any atom is 0.287 e. The quantitative estimate of drug-likeness (QED) is 0.665. The third kappa shape index (κ3) is 3.78. The van der Waals surface area contributed by atoms with E-state index in [9.17, 15) is 9.59 Å². The van der Waals surface area contributed by atoms with Crippen LogP contribution in [0, 0.1) is 0 Å². The number of nitrogens with one attached hydrogen (secondary N) is 1. The van der Waals surface area contributed by atoms with Crippen molar-refractivity contribution < 1.29 is 23.3 Å². The van der Waals surface area contributed by atoms with Gasteiger partial charge in [-0.05, 0) is 44.0 Å². The number of para-hydroxylation sites is 1. The number of benzene rings is 1. The molecule has 4 rings (SSSR count). The predicted molar refractivity (Wildman–Crippen MR) is 106 cm³/mol. The second kappa shape index (κ2) is 8.40. The summed E-state index contributed by atoms with van der Waals surface area (Å²) in [5, 5.41) is 6.74. The normalized spacial score (nSPS) is 17.0. The smallest absolute Gasteiger partial charge is 0.287 e. The standard InChI is InChI=1S/C21H22N4O5/c1-13(22-19(26)17-10-6-12-29-17)21(27)25-11-5-8-15(25)20-23-18(24-30-20)14-7-3-4-9-16(14)28-2/h3-4,6-7,9-10,12-13,15H,5,8,11H2,1-2H3,(H,22,26)/t13-,15+/m1/s1. The number of nitrogens with zero attached hydrogens (tertiary/aromatic N) is 3. The molecule has 1 fully saturated rings. The SMILES string of the molecule is COc1ccccc1-c1noc([C@@H]2CCCN2C(=O)[C@@H](C)NC(=O)c2ccco2)n1. The lowest BCUT2D eigenvalue weighted by Crippen LogP contribution is -2.46. The minimum atomic E-state index is -0.722. The molecule has 2 amide bonds. The van der Waals surface area contributed by atoms with Crippen LogP contribution in [-0.2, 0) is 4.79 Å². The van der Waals surface area contributed by atoms with Crippen molar-refractivity contribution in [2.24, 2.45) is 0 Å². The summed E-state index contributed by atoms with van der Waals surface area (Å²) in [6.07, 6.45) is 2.92. The fourth-order valence-electron chi connectivity index (χ4n) is 3.58. The van der Waals surface area contributed by atoms with Crippen molar-refractivity contribution in [3.05, 3.63) is 54.3 Å². The lowest BCUT2D eigenvalue weighted by molar-refractivity contribution is -0.134. The molecular weight excluding hydrogens is 388 g/mol. The Kier molecular flexibility index (Phi) is 5.51. The average molecular weight is 410 g/mol. The molecule has 1 aliphatic rings. The Labute approximate surface area is 173 Å². The summed E-state index contributed by atoms with van der Waals surface area (Å²) in [6.45, 7) is 2.20. The molecule has 1 aromatic carbocycles. The van der Waals surface area contributed by atoms with Crippen molar-refractivity contribution in [1.29, 1.82) is 0 Å². The second-order valence-corrected chi connectivity index (χ2v) is 7.02. The van der Waals surface area contributed by atoms with Gasteiger partial charge in [-0.15, -0.1) is 0 Å². The van der Waals surface area contributed by atoms with Crippen molar-refractivity contribution in [2.75, 3.05) is 13.7 Å². The van der Waals surface area contributed by atoms with Gasteiger partial charge >= 0.3 is 0 Å². The molecule has 9 heteroatoms. The molecule has 3 heterocycles. The zero-order chi connectivity index (χ0) is 21.1. The number of aromatic nitrogens is 2. The molecule has 0 aliphatic carbocycles. The number of amides is 2. The topological polar surface area (TPSA) is 111 Å². The van der Waals surface area contributed by atoms with Crippen LogP contribution < -0.4 is 10.1 Å². The fraction of sp³-hybridized carbons (Fsp3) is 0.333. The van der Waals surface area contributed by atoms with E-state index in [4.69, 9.17) is 13.7 Å². The minimum absolute atomic E-state index is 0.158. The Balaban J connectivity index is 1.49. The third-order valence-corrected chi connectivity index (χ3v) is 5.07. The number of carbonyl (C=O) groups is 2. The van der Waals surface area contributed by atoms with E-state index in [0.29, 0.717) is 36.0 Å². The molecule has 156 valence electrons. The Morgan fingerprint density at radius 1 is 1.27 bits per heavy atom. The van der Waals surface area contributed by atoms with Crippen LogP contribution in [0.25, 0.3) is 11.4 Å². The fourth-order valence-corrected chi connectivity index (χ4v) is 3.58. The number of furan rings is 1. The van der Waals surface area contributed by atoms with Crippen LogP contribution in [0.5, 0.6) is 5.75 Å². The van der Waals surface area contributed by atoms with Crippen molar-refractivity contribution in [1.82, 2.24) is 20.4 Å². The largest absolute Gasteiger partial charge is 0.496 e. The van der Waals surface area contributed by atoms with Gasteiger partial charge in [-0.1, -0.05) is 17.3 Å². The van der Waals surface area contributed by atoms with Gasteiger partial charge in [0.05, 0.1) is 18.9 Å². The summed E-state index contributed by atoms with van der Waals surface area (Å²) in [6, 6.07) is 9.49. The predicted octanol–water partition coefficient (Wildman–Crippen LogP) is 2.82. The van der Waals surface area contributed by atoms with Crippen LogP contribution >= 0.6 is 0 Å². The lowest BCUT2D eigenvalue weighted by Gasteiger charge is -2.25. The summed E-state index contributed by atoms with van der Waals surface area (Å²) in [5.41, 5.74) is 0.713. The van der Waals surface area contributed by atoms with Crippen LogP contribution in [0.2, 0.25) is 0 Å². The Hall–Kier alpha value is -3.62. The van der Waals surface area contributed by atoms with Gasteiger partial charge in [0, 0.05) is 6.54 Å². The van der Waals surface area contributed by atoms with Crippen LogP contribution in [0.3, 0.4) is 0 Å². The maximum atomic E-state index is 13.0. The zero-order valence-corrected chi connectivity index (χ0v) is 16.7. The first-order valence-corrected chi connectivity index (χ1v) is 9.70. The summed E-state index contributed by atoms with van der Waals surface area (Å²) in [4.78, 5) is 31.3. The number of ether oxygens (including phenoxy) is 1. The van der Waals surface area contributed by atoms with Gasteiger partial charge < -0.3 is 23.9 Å². The summed E-state index contributed by atoms with van der Waals surface area (Å²) >= 11 is 0. The average Bonchev–Trinajstić information content (AvgIpc) is 3.53. The van der Waals surface area contributed by atoms with E-state index in [2.05, 4.69) is 15.5 Å². The molecule has 3 aromatic rings. The van der Waals surface area contributed by atoms with Crippen molar-refractivity contribution >= 4 is 11.8 Å². The van der Waals surface area contributed by atoms with E-state index in [-0.39, 0.29) is 17.7 Å². The highest BCUT2D eigenvalue weighted by atomic mass is 16.5. The summed E-state index contributed by atoms with van der Waals surface area (Å²) in [7, 11) is 1.58. The van der Waals surface area contributed by atoms with Crippen molar-refractivity contribution in [3.63, 3.8) is 0 Å². The first-order valence-electron chi connectivity index (χ1n) is 9.70. The van der Waals surface area contributed by atoms with Gasteiger partial charge in [0.2, 0.25) is 17.6 Å². The number of hydrogen-bond donors (Lipinski definition) is 1. The molecule has 1 aliphatic heterocycles. The summed E-state index contributed by atoms with van der Waals surface area (Å²) < 4.78 is 15.9. The molecular formula is C21H22N4O5. The molecule has 9 nitrogen and oxygen atoms in total. The number of hydrogen-bond acceptors (Lipinski definition) is 7. The van der Waals surface area contributed by atoms with Gasteiger partial charge in [-0.2, -0.15) is 4.98 Å². The zero-order valence-electron chi connectivity index (χ0n) is 16.7. The van der Waals surface area contributed by atoms with Gasteiger partial charge in [-0.3, -0.25) is 9.59 Å². The Morgan fingerprint density at radius 2 is 2.10 bits per heavy atom. The third-order valence-electron chi connectivity index (χ3n) is 5.07. The van der Waals surface area contributed by atoms with E-state index < -0.39 is 11.9 Å². The molecule has 0 bridgehead atoms.